The van der Waals surface area contributed by atoms with Crippen LogP contribution in [-0.2, 0) is 0 Å². The number of piperazine rings is 1. The van der Waals surface area contributed by atoms with Gasteiger partial charge in [0.15, 0.2) is 0 Å². The highest BCUT2D eigenvalue weighted by Gasteiger charge is 2.20. The molecule has 0 aromatic carbocycles. The molecule has 1 heterocycles. The van der Waals surface area contributed by atoms with Gasteiger partial charge in [-0.1, -0.05) is 0 Å². The van der Waals surface area contributed by atoms with Crippen LogP contribution in [0.5, 0.6) is 0 Å². The van der Waals surface area contributed by atoms with E-state index in [1.165, 1.54) is 0 Å². The third-order valence-electron chi connectivity index (χ3n) is 2.30. The van der Waals surface area contributed by atoms with Crippen LogP contribution in [0.1, 0.15) is 19.8 Å². The van der Waals surface area contributed by atoms with Crippen molar-refractivity contribution in [2.45, 2.75) is 25.7 Å². The molecule has 13 heavy (non-hydrogen) atoms. The average molecular weight is 192 g/mol. The Morgan fingerprint density at radius 3 is 2.46 bits per heavy atom. The van der Waals surface area contributed by atoms with E-state index < -0.39 is 5.92 Å². The summed E-state index contributed by atoms with van der Waals surface area (Å²) in [6, 6.07) is 0. The van der Waals surface area contributed by atoms with Gasteiger partial charge in [0.05, 0.1) is 0 Å². The molecule has 0 unspecified atom stereocenters. The fraction of sp³-hybridized carbons (Fsp3) is 1.00. The molecule has 78 valence electrons. The SMILES string of the molecule is CC(F)(F)CCCN1CCNCC1. The molecular formula is C9H18F2N2. The summed E-state index contributed by atoms with van der Waals surface area (Å²) in [5, 5.41) is 3.23. The summed E-state index contributed by atoms with van der Waals surface area (Å²) in [6.07, 6.45) is 0.612. The summed E-state index contributed by atoms with van der Waals surface area (Å²) in [6.45, 7) is 5.77. The molecule has 1 saturated heterocycles. The third-order valence-corrected chi connectivity index (χ3v) is 2.30. The minimum absolute atomic E-state index is 0.0108. The largest absolute Gasteiger partial charge is 0.314 e. The Morgan fingerprint density at radius 1 is 1.31 bits per heavy atom. The summed E-state index contributed by atoms with van der Waals surface area (Å²) >= 11 is 0. The third kappa shape index (κ3) is 5.16. The molecule has 0 aliphatic carbocycles. The standard InChI is InChI=1S/C9H18F2N2/c1-9(10,11)3-2-6-13-7-4-12-5-8-13/h12H,2-8H2,1H3. The van der Waals surface area contributed by atoms with Crippen LogP contribution >= 0.6 is 0 Å². The molecule has 0 saturated carbocycles. The molecule has 4 heteroatoms. The highest BCUT2D eigenvalue weighted by atomic mass is 19.3. The van der Waals surface area contributed by atoms with Crippen LogP contribution in [0.2, 0.25) is 0 Å². The van der Waals surface area contributed by atoms with Crippen molar-refractivity contribution in [3.63, 3.8) is 0 Å². The summed E-state index contributed by atoms with van der Waals surface area (Å²) < 4.78 is 24.9. The molecule has 1 N–H and O–H groups in total. The van der Waals surface area contributed by atoms with Crippen molar-refractivity contribution >= 4 is 0 Å². The molecule has 1 fully saturated rings. The maximum Gasteiger partial charge on any atom is 0.245 e. The molecule has 0 radical (unpaired) electrons. The van der Waals surface area contributed by atoms with Gasteiger partial charge in [0.25, 0.3) is 0 Å². The first-order valence-corrected chi connectivity index (χ1v) is 4.89. The van der Waals surface area contributed by atoms with E-state index in [0.29, 0.717) is 6.42 Å². The second-order valence-corrected chi connectivity index (χ2v) is 3.77. The van der Waals surface area contributed by atoms with Crippen LogP contribution in [0.3, 0.4) is 0 Å². The lowest BCUT2D eigenvalue weighted by Gasteiger charge is -2.27. The van der Waals surface area contributed by atoms with Crippen molar-refractivity contribution in [2.75, 3.05) is 32.7 Å². The van der Waals surface area contributed by atoms with Gasteiger partial charge < -0.3 is 10.2 Å². The first-order valence-electron chi connectivity index (χ1n) is 4.89. The molecule has 1 aliphatic heterocycles. The van der Waals surface area contributed by atoms with E-state index in [2.05, 4.69) is 10.2 Å². The van der Waals surface area contributed by atoms with Crippen molar-refractivity contribution in [3.05, 3.63) is 0 Å². The topological polar surface area (TPSA) is 15.3 Å². The Bertz CT molecular complexity index is 139. The van der Waals surface area contributed by atoms with E-state index in [1.807, 2.05) is 0 Å². The maximum absolute atomic E-state index is 12.4. The van der Waals surface area contributed by atoms with Gasteiger partial charge in [0, 0.05) is 32.6 Å². The van der Waals surface area contributed by atoms with Gasteiger partial charge in [-0.3, -0.25) is 0 Å². The smallest absolute Gasteiger partial charge is 0.245 e. The summed E-state index contributed by atoms with van der Waals surface area (Å²) in [7, 11) is 0. The lowest BCUT2D eigenvalue weighted by atomic mass is 10.2. The zero-order chi connectivity index (χ0) is 9.73. The van der Waals surface area contributed by atoms with Crippen molar-refractivity contribution < 1.29 is 8.78 Å². The number of hydrogen-bond donors (Lipinski definition) is 1. The predicted octanol–water partition coefficient (Wildman–Crippen LogP) is 1.33. The predicted molar refractivity (Wildman–Crippen MR) is 49.2 cm³/mol. The van der Waals surface area contributed by atoms with Crippen LogP contribution < -0.4 is 5.32 Å². The fourth-order valence-electron chi connectivity index (χ4n) is 1.55. The molecule has 0 aromatic heterocycles. The second kappa shape index (κ2) is 4.86. The normalized spacial score (nSPS) is 20.5. The Kier molecular flexibility index (Phi) is 4.06. The molecule has 1 aliphatic rings. The van der Waals surface area contributed by atoms with Crippen LogP contribution in [0, 0.1) is 0 Å². The van der Waals surface area contributed by atoms with Gasteiger partial charge in [-0.15, -0.1) is 0 Å². The molecule has 0 spiro atoms. The van der Waals surface area contributed by atoms with Gasteiger partial charge in [0.2, 0.25) is 5.92 Å². The van der Waals surface area contributed by atoms with Gasteiger partial charge in [-0.25, -0.2) is 8.78 Å². The van der Waals surface area contributed by atoms with E-state index in [0.717, 1.165) is 39.6 Å². The molecule has 0 amide bonds. The van der Waals surface area contributed by atoms with E-state index >= 15 is 0 Å². The molecule has 0 atom stereocenters. The Hall–Kier alpha value is -0.220. The highest BCUT2D eigenvalue weighted by molar-refractivity contribution is 4.68. The van der Waals surface area contributed by atoms with Crippen molar-refractivity contribution in [1.29, 1.82) is 0 Å². The summed E-state index contributed by atoms with van der Waals surface area (Å²) in [4.78, 5) is 2.24. The average Bonchev–Trinajstić information content (AvgIpc) is 2.04. The van der Waals surface area contributed by atoms with E-state index in [9.17, 15) is 8.78 Å². The van der Waals surface area contributed by atoms with Gasteiger partial charge in [0.1, 0.15) is 0 Å². The Labute approximate surface area is 78.3 Å². The van der Waals surface area contributed by atoms with Gasteiger partial charge in [-0.05, 0) is 19.9 Å². The lowest BCUT2D eigenvalue weighted by molar-refractivity contribution is 0.00820. The second-order valence-electron chi connectivity index (χ2n) is 3.77. The number of rotatable bonds is 4. The van der Waals surface area contributed by atoms with Crippen LogP contribution in [0.4, 0.5) is 8.78 Å². The first-order chi connectivity index (χ1) is 6.08. The number of halogens is 2. The molecule has 0 bridgehead atoms. The molecular weight excluding hydrogens is 174 g/mol. The van der Waals surface area contributed by atoms with Crippen LogP contribution in [0.15, 0.2) is 0 Å². The minimum atomic E-state index is -2.49. The summed E-state index contributed by atoms with van der Waals surface area (Å²) in [5.74, 6) is -2.49. The van der Waals surface area contributed by atoms with Crippen molar-refractivity contribution in [1.82, 2.24) is 10.2 Å². The zero-order valence-electron chi connectivity index (χ0n) is 8.15. The number of nitrogens with one attached hydrogen (secondary N) is 1. The summed E-state index contributed by atoms with van der Waals surface area (Å²) in [5.41, 5.74) is 0. The van der Waals surface area contributed by atoms with E-state index in [1.54, 1.807) is 0 Å². The fourth-order valence-corrected chi connectivity index (χ4v) is 1.55. The molecule has 0 aromatic rings. The number of hydrogen-bond acceptors (Lipinski definition) is 2. The van der Waals surface area contributed by atoms with Gasteiger partial charge >= 0.3 is 0 Å². The maximum atomic E-state index is 12.4. The highest BCUT2D eigenvalue weighted by Crippen LogP contribution is 2.18. The zero-order valence-corrected chi connectivity index (χ0v) is 8.15. The Balaban J connectivity index is 2.04. The monoisotopic (exact) mass is 192 g/mol. The van der Waals surface area contributed by atoms with Crippen molar-refractivity contribution in [2.24, 2.45) is 0 Å². The van der Waals surface area contributed by atoms with Crippen LogP contribution in [-0.4, -0.2) is 43.5 Å². The minimum Gasteiger partial charge on any atom is -0.314 e. The van der Waals surface area contributed by atoms with Crippen LogP contribution in [0.25, 0.3) is 0 Å². The first kappa shape index (κ1) is 10.9. The van der Waals surface area contributed by atoms with E-state index in [4.69, 9.17) is 0 Å². The van der Waals surface area contributed by atoms with Crippen molar-refractivity contribution in [3.8, 4) is 0 Å². The molecule has 1 rings (SSSR count). The van der Waals surface area contributed by atoms with Gasteiger partial charge in [-0.2, -0.15) is 0 Å². The number of nitrogens with zero attached hydrogens (tertiary/aromatic N) is 1. The van der Waals surface area contributed by atoms with E-state index in [-0.39, 0.29) is 6.42 Å². The molecule has 2 nitrogen and oxygen atoms in total. The Morgan fingerprint density at radius 2 is 1.92 bits per heavy atom. The quantitative estimate of drug-likeness (QED) is 0.723. The number of alkyl halides is 2. The lowest BCUT2D eigenvalue weighted by Crippen LogP contribution is -2.43.